The molecule has 0 aliphatic heterocycles. The van der Waals surface area contributed by atoms with Gasteiger partial charge in [-0.2, -0.15) is 5.26 Å². The van der Waals surface area contributed by atoms with Crippen LogP contribution in [0.5, 0.6) is 0 Å². The second-order valence-corrected chi connectivity index (χ2v) is 5.59. The summed E-state index contributed by atoms with van der Waals surface area (Å²) in [4.78, 5) is 0. The molecule has 15 heavy (non-hydrogen) atoms. The highest BCUT2D eigenvalue weighted by Crippen LogP contribution is 2.20. The van der Waals surface area contributed by atoms with Crippen LogP contribution in [0.1, 0.15) is 54.4 Å². The van der Waals surface area contributed by atoms with Crippen LogP contribution in [0, 0.1) is 11.3 Å². The zero-order chi connectivity index (χ0) is 12.1. The lowest BCUT2D eigenvalue weighted by Gasteiger charge is -2.32. The van der Waals surface area contributed by atoms with Crippen molar-refractivity contribution >= 4 is 0 Å². The fourth-order valence-corrected chi connectivity index (χ4v) is 1.11. The zero-order valence-corrected chi connectivity index (χ0v) is 10.8. The average molecular weight is 213 g/mol. The van der Waals surface area contributed by atoms with E-state index in [1.165, 1.54) is 0 Å². The van der Waals surface area contributed by atoms with E-state index >= 15 is 0 Å². The fraction of sp³-hybridized carbons (Fsp3) is 0.917. The first-order valence-electron chi connectivity index (χ1n) is 5.37. The first-order chi connectivity index (χ1) is 6.64. The number of hydrogen-bond donors (Lipinski definition) is 0. The van der Waals surface area contributed by atoms with Gasteiger partial charge in [0.15, 0.2) is 6.29 Å². The molecule has 0 aliphatic carbocycles. The van der Waals surface area contributed by atoms with Crippen molar-refractivity contribution < 1.29 is 9.47 Å². The van der Waals surface area contributed by atoms with Crippen LogP contribution >= 0.6 is 0 Å². The van der Waals surface area contributed by atoms with Crippen molar-refractivity contribution in [2.75, 3.05) is 0 Å². The van der Waals surface area contributed by atoms with E-state index in [0.29, 0.717) is 12.8 Å². The molecule has 0 aliphatic rings. The Morgan fingerprint density at radius 1 is 1.00 bits per heavy atom. The maximum absolute atomic E-state index is 8.55. The van der Waals surface area contributed by atoms with E-state index in [1.54, 1.807) is 0 Å². The summed E-state index contributed by atoms with van der Waals surface area (Å²) in [5.74, 6) is 0. The zero-order valence-electron chi connectivity index (χ0n) is 10.8. The van der Waals surface area contributed by atoms with Crippen LogP contribution in [0.4, 0.5) is 0 Å². The molecular weight excluding hydrogens is 190 g/mol. The van der Waals surface area contributed by atoms with Gasteiger partial charge in [0.1, 0.15) is 0 Å². The molecule has 0 aromatic carbocycles. The van der Waals surface area contributed by atoms with Crippen molar-refractivity contribution in [3.05, 3.63) is 0 Å². The molecule has 0 N–H and O–H groups in total. The standard InChI is InChI=1S/C12H23NO2/c1-11(2,3)14-10(8-7-9-13)15-12(4,5)6/h10H,7-8H2,1-6H3. The molecule has 0 saturated heterocycles. The van der Waals surface area contributed by atoms with Crippen molar-refractivity contribution in [3.8, 4) is 6.07 Å². The summed E-state index contributed by atoms with van der Waals surface area (Å²) >= 11 is 0. The SMILES string of the molecule is CC(C)(C)OC(CCC#N)OC(C)(C)C. The van der Waals surface area contributed by atoms with Gasteiger partial charge >= 0.3 is 0 Å². The van der Waals surface area contributed by atoms with E-state index < -0.39 is 0 Å². The van der Waals surface area contributed by atoms with Gasteiger partial charge in [0, 0.05) is 12.8 Å². The first-order valence-corrected chi connectivity index (χ1v) is 5.37. The number of nitriles is 1. The summed E-state index contributed by atoms with van der Waals surface area (Å²) < 4.78 is 11.5. The summed E-state index contributed by atoms with van der Waals surface area (Å²) in [7, 11) is 0. The highest BCUT2D eigenvalue weighted by atomic mass is 16.7. The van der Waals surface area contributed by atoms with Crippen LogP contribution in [0.2, 0.25) is 0 Å². The average Bonchev–Trinajstić information content (AvgIpc) is 1.94. The van der Waals surface area contributed by atoms with Crippen LogP contribution in [0.3, 0.4) is 0 Å². The molecule has 0 fully saturated rings. The van der Waals surface area contributed by atoms with Crippen molar-refractivity contribution in [1.82, 2.24) is 0 Å². The number of rotatable bonds is 4. The Balaban J connectivity index is 4.26. The summed E-state index contributed by atoms with van der Waals surface area (Å²) in [5, 5.41) is 8.55. The van der Waals surface area contributed by atoms with Gasteiger partial charge < -0.3 is 9.47 Å². The minimum absolute atomic E-state index is 0.245. The lowest BCUT2D eigenvalue weighted by molar-refractivity contribution is -0.235. The van der Waals surface area contributed by atoms with Gasteiger partial charge in [-0.1, -0.05) is 0 Å². The van der Waals surface area contributed by atoms with Crippen molar-refractivity contribution in [2.24, 2.45) is 0 Å². The first kappa shape index (κ1) is 14.4. The van der Waals surface area contributed by atoms with Crippen LogP contribution < -0.4 is 0 Å². The maximum Gasteiger partial charge on any atom is 0.159 e. The van der Waals surface area contributed by atoms with E-state index in [4.69, 9.17) is 14.7 Å². The van der Waals surface area contributed by atoms with Gasteiger partial charge in [0.25, 0.3) is 0 Å². The summed E-state index contributed by atoms with van der Waals surface area (Å²) in [6, 6.07) is 2.11. The Kier molecular flexibility index (Phi) is 5.27. The number of ether oxygens (including phenoxy) is 2. The highest BCUT2D eigenvalue weighted by Gasteiger charge is 2.23. The summed E-state index contributed by atoms with van der Waals surface area (Å²) in [5.41, 5.74) is -0.489. The lowest BCUT2D eigenvalue weighted by atomic mass is 10.1. The predicted molar refractivity (Wildman–Crippen MR) is 60.3 cm³/mol. The predicted octanol–water partition coefficient (Wildman–Crippen LogP) is 3.25. The molecule has 0 radical (unpaired) electrons. The molecule has 0 atom stereocenters. The Hall–Kier alpha value is -0.590. The fourth-order valence-electron chi connectivity index (χ4n) is 1.11. The highest BCUT2D eigenvalue weighted by molar-refractivity contribution is 4.72. The molecule has 0 aromatic heterocycles. The second kappa shape index (κ2) is 5.48. The summed E-state index contributed by atoms with van der Waals surface area (Å²) in [6.45, 7) is 11.9. The van der Waals surface area contributed by atoms with Crippen molar-refractivity contribution in [2.45, 2.75) is 71.9 Å². The maximum atomic E-state index is 8.55. The van der Waals surface area contributed by atoms with E-state index in [0.717, 1.165) is 0 Å². The van der Waals surface area contributed by atoms with Gasteiger partial charge in [0.2, 0.25) is 0 Å². The minimum Gasteiger partial charge on any atom is -0.347 e. The van der Waals surface area contributed by atoms with Crippen LogP contribution in [0.25, 0.3) is 0 Å². The van der Waals surface area contributed by atoms with E-state index in [-0.39, 0.29) is 17.5 Å². The van der Waals surface area contributed by atoms with Gasteiger partial charge in [0.05, 0.1) is 17.3 Å². The Bertz CT molecular complexity index is 201. The topological polar surface area (TPSA) is 42.2 Å². The van der Waals surface area contributed by atoms with Gasteiger partial charge in [-0.3, -0.25) is 0 Å². The third kappa shape index (κ3) is 9.71. The molecule has 3 nitrogen and oxygen atoms in total. The normalized spacial score (nSPS) is 12.9. The molecule has 88 valence electrons. The van der Waals surface area contributed by atoms with Crippen LogP contribution in [0.15, 0.2) is 0 Å². The quantitative estimate of drug-likeness (QED) is 0.673. The number of hydrogen-bond acceptors (Lipinski definition) is 3. The molecule has 0 saturated carbocycles. The van der Waals surface area contributed by atoms with Gasteiger partial charge in [-0.05, 0) is 41.5 Å². The number of nitrogens with zero attached hydrogens (tertiary/aromatic N) is 1. The lowest BCUT2D eigenvalue weighted by Crippen LogP contribution is -2.35. The Morgan fingerprint density at radius 2 is 1.40 bits per heavy atom. The molecule has 0 spiro atoms. The molecule has 0 heterocycles. The smallest absolute Gasteiger partial charge is 0.159 e. The third-order valence-corrected chi connectivity index (χ3v) is 1.46. The monoisotopic (exact) mass is 213 g/mol. The largest absolute Gasteiger partial charge is 0.347 e. The minimum atomic E-state index is -0.301. The molecular formula is C12H23NO2. The Morgan fingerprint density at radius 3 is 1.67 bits per heavy atom. The molecule has 3 heteroatoms. The van der Waals surface area contributed by atoms with E-state index in [2.05, 4.69) is 6.07 Å². The second-order valence-electron chi connectivity index (χ2n) is 5.59. The molecule has 0 rings (SSSR count). The Labute approximate surface area is 93.4 Å². The van der Waals surface area contributed by atoms with E-state index in [9.17, 15) is 0 Å². The third-order valence-electron chi connectivity index (χ3n) is 1.46. The molecule has 0 bridgehead atoms. The molecule has 0 unspecified atom stereocenters. The van der Waals surface area contributed by atoms with Gasteiger partial charge in [-0.25, -0.2) is 0 Å². The molecule has 0 amide bonds. The van der Waals surface area contributed by atoms with Crippen LogP contribution in [-0.2, 0) is 9.47 Å². The van der Waals surface area contributed by atoms with Crippen LogP contribution in [-0.4, -0.2) is 17.5 Å². The van der Waals surface area contributed by atoms with Crippen molar-refractivity contribution in [1.29, 1.82) is 5.26 Å². The van der Waals surface area contributed by atoms with Gasteiger partial charge in [-0.15, -0.1) is 0 Å². The van der Waals surface area contributed by atoms with E-state index in [1.807, 2.05) is 41.5 Å². The molecule has 0 aromatic rings. The summed E-state index contributed by atoms with van der Waals surface area (Å²) in [6.07, 6.45) is 0.770. The van der Waals surface area contributed by atoms with Crippen molar-refractivity contribution in [3.63, 3.8) is 0 Å².